The molecule has 6 heteroatoms. The van der Waals surface area contributed by atoms with Crippen LogP contribution in [0.25, 0.3) is 6.08 Å². The Labute approximate surface area is 205 Å². The lowest BCUT2D eigenvalue weighted by Gasteiger charge is -2.36. The molecule has 5 nitrogen and oxygen atoms in total. The molecule has 1 saturated heterocycles. The van der Waals surface area contributed by atoms with E-state index >= 15 is 0 Å². The maximum absolute atomic E-state index is 13.5. The van der Waals surface area contributed by atoms with E-state index in [1.807, 2.05) is 30.3 Å². The number of amides is 2. The molecule has 2 heterocycles. The van der Waals surface area contributed by atoms with Gasteiger partial charge in [-0.05, 0) is 41.8 Å². The lowest BCUT2D eigenvalue weighted by atomic mass is 10.1. The maximum Gasteiger partial charge on any atom is 0.263 e. The van der Waals surface area contributed by atoms with Crippen molar-refractivity contribution in [2.75, 3.05) is 44.2 Å². The fourth-order valence-corrected chi connectivity index (χ4v) is 4.79. The molecule has 1 fully saturated rings. The van der Waals surface area contributed by atoms with Gasteiger partial charge in [-0.2, -0.15) is 0 Å². The summed E-state index contributed by atoms with van der Waals surface area (Å²) in [6.07, 6.45) is 4.75. The van der Waals surface area contributed by atoms with Crippen molar-refractivity contribution >= 4 is 23.6 Å². The molecule has 5 rings (SSSR count). The highest BCUT2D eigenvalue weighted by molar-refractivity contribution is 6.23. The molecule has 0 bridgehead atoms. The Hall–Kier alpha value is -3.77. The van der Waals surface area contributed by atoms with Gasteiger partial charge in [0.25, 0.3) is 11.8 Å². The van der Waals surface area contributed by atoms with Crippen LogP contribution in [0.3, 0.4) is 0 Å². The van der Waals surface area contributed by atoms with Crippen molar-refractivity contribution < 1.29 is 14.0 Å². The summed E-state index contributed by atoms with van der Waals surface area (Å²) in [7, 11) is 0. The first kappa shape index (κ1) is 23.0. The second-order valence-electron chi connectivity index (χ2n) is 8.94. The second-order valence-corrected chi connectivity index (χ2v) is 8.94. The summed E-state index contributed by atoms with van der Waals surface area (Å²) in [5, 5.41) is 0. The summed E-state index contributed by atoms with van der Waals surface area (Å²) in [5.41, 5.74) is 3.73. The number of carbonyl (C=O) groups is 2. The lowest BCUT2D eigenvalue weighted by Crippen LogP contribution is -2.46. The van der Waals surface area contributed by atoms with Crippen molar-refractivity contribution in [3.63, 3.8) is 0 Å². The lowest BCUT2D eigenvalue weighted by molar-refractivity contribution is 0.0656. The summed E-state index contributed by atoms with van der Waals surface area (Å²) < 4.78 is 13.5. The molecule has 2 aliphatic heterocycles. The first-order valence-electron chi connectivity index (χ1n) is 12.0. The Morgan fingerprint density at radius 2 is 1.60 bits per heavy atom. The van der Waals surface area contributed by atoms with Crippen molar-refractivity contribution in [2.24, 2.45) is 0 Å². The monoisotopic (exact) mass is 469 g/mol. The first-order valence-corrected chi connectivity index (χ1v) is 12.0. The average molecular weight is 470 g/mol. The number of anilines is 1. The van der Waals surface area contributed by atoms with E-state index in [1.165, 1.54) is 22.6 Å². The molecule has 178 valence electrons. The number of fused-ring (bicyclic) bond motifs is 1. The number of carbonyl (C=O) groups excluding carboxylic acids is 2. The van der Waals surface area contributed by atoms with Gasteiger partial charge in [0.05, 0.1) is 16.8 Å². The highest BCUT2D eigenvalue weighted by Gasteiger charge is 2.38. The van der Waals surface area contributed by atoms with Gasteiger partial charge in [-0.25, -0.2) is 4.39 Å². The third-order valence-corrected chi connectivity index (χ3v) is 6.68. The fourth-order valence-electron chi connectivity index (χ4n) is 4.79. The zero-order valence-corrected chi connectivity index (χ0v) is 19.6. The van der Waals surface area contributed by atoms with Gasteiger partial charge < -0.3 is 4.90 Å². The van der Waals surface area contributed by atoms with Gasteiger partial charge in [-0.1, -0.05) is 60.7 Å². The van der Waals surface area contributed by atoms with E-state index in [2.05, 4.69) is 34.1 Å². The zero-order valence-electron chi connectivity index (χ0n) is 19.6. The van der Waals surface area contributed by atoms with Crippen molar-refractivity contribution in [3.8, 4) is 0 Å². The average Bonchev–Trinajstić information content (AvgIpc) is 3.13. The third kappa shape index (κ3) is 5.03. The summed E-state index contributed by atoms with van der Waals surface area (Å²) in [5.74, 6) is -0.847. The van der Waals surface area contributed by atoms with Gasteiger partial charge in [0.15, 0.2) is 0 Å². The van der Waals surface area contributed by atoms with Gasteiger partial charge in [0.2, 0.25) is 0 Å². The number of nitrogens with zero attached hydrogens (tertiary/aromatic N) is 3. The van der Waals surface area contributed by atoms with Crippen LogP contribution in [-0.2, 0) is 6.42 Å². The highest BCUT2D eigenvalue weighted by atomic mass is 19.1. The van der Waals surface area contributed by atoms with Crippen LogP contribution in [0.15, 0.2) is 78.9 Å². The molecule has 35 heavy (non-hydrogen) atoms. The molecule has 3 aromatic carbocycles. The van der Waals surface area contributed by atoms with E-state index in [9.17, 15) is 14.0 Å². The molecule has 0 saturated carbocycles. The van der Waals surface area contributed by atoms with E-state index in [1.54, 1.807) is 18.2 Å². The third-order valence-electron chi connectivity index (χ3n) is 6.68. The van der Waals surface area contributed by atoms with E-state index in [-0.39, 0.29) is 24.2 Å². The van der Waals surface area contributed by atoms with Crippen LogP contribution < -0.4 is 4.90 Å². The summed E-state index contributed by atoms with van der Waals surface area (Å²) in [6, 6.07) is 22.0. The van der Waals surface area contributed by atoms with Crippen molar-refractivity contribution in [1.82, 2.24) is 9.80 Å². The van der Waals surface area contributed by atoms with Gasteiger partial charge in [0, 0.05) is 39.3 Å². The molecule has 0 spiro atoms. The zero-order chi connectivity index (χ0) is 24.2. The minimum atomic E-state index is -0.318. The Morgan fingerprint density at radius 1 is 0.829 bits per heavy atom. The summed E-state index contributed by atoms with van der Waals surface area (Å²) in [6.45, 7) is 4.46. The normalized spacial score (nSPS) is 16.4. The fraction of sp³-hybridized carbons (Fsp3) is 0.241. The second kappa shape index (κ2) is 10.2. The number of piperazine rings is 1. The highest BCUT2D eigenvalue weighted by Crippen LogP contribution is 2.32. The SMILES string of the molecule is O=C1c2cccc(N3CCN(C/C=C/c4ccccc4)CC3)c2C(=O)N1CCc1cccc(F)c1. The number of hydrogen-bond acceptors (Lipinski definition) is 4. The minimum Gasteiger partial charge on any atom is -0.368 e. The molecule has 0 atom stereocenters. The van der Waals surface area contributed by atoms with Gasteiger partial charge >= 0.3 is 0 Å². The molecule has 0 aromatic heterocycles. The summed E-state index contributed by atoms with van der Waals surface area (Å²) >= 11 is 0. The Morgan fingerprint density at radius 3 is 2.37 bits per heavy atom. The molecule has 3 aromatic rings. The molecule has 0 radical (unpaired) electrons. The number of halogens is 1. The van der Waals surface area contributed by atoms with E-state index in [0.29, 0.717) is 17.5 Å². The van der Waals surface area contributed by atoms with Crippen LogP contribution in [0.1, 0.15) is 31.8 Å². The molecule has 0 unspecified atom stereocenters. The van der Waals surface area contributed by atoms with Crippen LogP contribution in [-0.4, -0.2) is 60.9 Å². The molecule has 0 aliphatic carbocycles. The number of rotatable bonds is 7. The topological polar surface area (TPSA) is 43.9 Å². The van der Waals surface area contributed by atoms with Crippen LogP contribution in [0.4, 0.5) is 10.1 Å². The van der Waals surface area contributed by atoms with Crippen molar-refractivity contribution in [1.29, 1.82) is 0 Å². The van der Waals surface area contributed by atoms with Crippen LogP contribution in [0, 0.1) is 5.82 Å². The first-order chi connectivity index (χ1) is 17.1. The molecule has 2 amide bonds. The summed E-state index contributed by atoms with van der Waals surface area (Å²) in [4.78, 5) is 32.2. The predicted octanol–water partition coefficient (Wildman–Crippen LogP) is 4.50. The Balaban J connectivity index is 1.23. The van der Waals surface area contributed by atoms with Crippen LogP contribution in [0.2, 0.25) is 0 Å². The predicted molar refractivity (Wildman–Crippen MR) is 136 cm³/mol. The van der Waals surface area contributed by atoms with Crippen molar-refractivity contribution in [3.05, 3.63) is 107 Å². The Kier molecular flexibility index (Phi) is 6.73. The number of imide groups is 1. The van der Waals surface area contributed by atoms with E-state index in [0.717, 1.165) is 44.0 Å². The molecule has 2 aliphatic rings. The standard InChI is InChI=1S/C29H28FN3O2/c30-24-11-4-9-23(21-24)14-16-33-28(34)25-12-5-13-26(27(25)29(33)35)32-19-17-31(18-20-32)15-6-10-22-7-2-1-3-8-22/h1-13,21H,14-20H2/b10-6+. The van der Waals surface area contributed by atoms with Crippen LogP contribution >= 0.6 is 0 Å². The smallest absolute Gasteiger partial charge is 0.263 e. The Bertz CT molecular complexity index is 1250. The van der Waals surface area contributed by atoms with Gasteiger partial charge in [-0.3, -0.25) is 19.4 Å². The largest absolute Gasteiger partial charge is 0.368 e. The minimum absolute atomic E-state index is 0.233. The van der Waals surface area contributed by atoms with Gasteiger partial charge in [0.1, 0.15) is 5.82 Å². The molecule has 0 N–H and O–H groups in total. The quantitative estimate of drug-likeness (QED) is 0.478. The molecular weight excluding hydrogens is 441 g/mol. The maximum atomic E-state index is 13.5. The van der Waals surface area contributed by atoms with Gasteiger partial charge in [-0.15, -0.1) is 0 Å². The number of hydrogen-bond donors (Lipinski definition) is 0. The number of benzene rings is 3. The van der Waals surface area contributed by atoms with E-state index < -0.39 is 0 Å². The van der Waals surface area contributed by atoms with Crippen LogP contribution in [0.5, 0.6) is 0 Å². The van der Waals surface area contributed by atoms with E-state index in [4.69, 9.17) is 0 Å². The van der Waals surface area contributed by atoms with Crippen molar-refractivity contribution in [2.45, 2.75) is 6.42 Å². The molecular formula is C29H28FN3O2.